The van der Waals surface area contributed by atoms with Crippen LogP contribution in [0.5, 0.6) is 0 Å². The average molecular weight is 498 g/mol. The number of nitrogens with one attached hydrogen (secondary N) is 1. The van der Waals surface area contributed by atoms with Crippen molar-refractivity contribution in [2.45, 2.75) is 25.6 Å². The summed E-state index contributed by atoms with van der Waals surface area (Å²) in [4.78, 5) is 23.5. The van der Waals surface area contributed by atoms with Crippen LogP contribution in [0, 0.1) is 11.7 Å². The highest BCUT2D eigenvalue weighted by atomic mass is 19.4. The molecule has 0 unspecified atom stereocenters. The van der Waals surface area contributed by atoms with Crippen LogP contribution < -0.4 is 10.2 Å². The van der Waals surface area contributed by atoms with Crippen LogP contribution >= 0.6 is 0 Å². The molecule has 2 aromatic heterocycles. The van der Waals surface area contributed by atoms with E-state index in [1.54, 1.807) is 23.0 Å². The van der Waals surface area contributed by atoms with Crippen molar-refractivity contribution in [3.8, 4) is 5.69 Å². The van der Waals surface area contributed by atoms with E-state index in [2.05, 4.69) is 20.4 Å². The summed E-state index contributed by atoms with van der Waals surface area (Å²) in [6.45, 7) is 0.822. The van der Waals surface area contributed by atoms with Gasteiger partial charge in [0.15, 0.2) is 5.65 Å². The molecule has 0 spiro atoms. The van der Waals surface area contributed by atoms with Crippen LogP contribution in [0.3, 0.4) is 0 Å². The number of halogens is 4. The molecule has 0 bridgehead atoms. The summed E-state index contributed by atoms with van der Waals surface area (Å²) in [7, 11) is 0. The third-order valence-electron chi connectivity index (χ3n) is 6.25. The first-order valence-electron chi connectivity index (χ1n) is 11.4. The van der Waals surface area contributed by atoms with E-state index in [-0.39, 0.29) is 23.8 Å². The van der Waals surface area contributed by atoms with Crippen LogP contribution in [0.1, 0.15) is 24.0 Å². The van der Waals surface area contributed by atoms with Gasteiger partial charge in [-0.1, -0.05) is 18.2 Å². The smallest absolute Gasteiger partial charge is 0.355 e. The van der Waals surface area contributed by atoms with Crippen molar-refractivity contribution in [1.29, 1.82) is 0 Å². The van der Waals surface area contributed by atoms with E-state index in [0.717, 1.165) is 12.5 Å². The highest BCUT2D eigenvalue weighted by Crippen LogP contribution is 2.32. The van der Waals surface area contributed by atoms with Gasteiger partial charge < -0.3 is 10.2 Å². The molecule has 1 aliphatic rings. The zero-order chi connectivity index (χ0) is 25.3. The minimum absolute atomic E-state index is 0.0248. The Morgan fingerprint density at radius 3 is 2.64 bits per heavy atom. The second-order valence-electron chi connectivity index (χ2n) is 8.64. The molecule has 1 N–H and O–H groups in total. The second kappa shape index (κ2) is 9.56. The van der Waals surface area contributed by atoms with Crippen LogP contribution in [0.25, 0.3) is 16.7 Å². The van der Waals surface area contributed by atoms with Crippen LogP contribution in [-0.2, 0) is 17.5 Å². The lowest BCUT2D eigenvalue weighted by Gasteiger charge is -2.33. The molecule has 2 aromatic carbocycles. The predicted molar refractivity (Wildman–Crippen MR) is 125 cm³/mol. The minimum Gasteiger partial charge on any atom is -0.355 e. The highest BCUT2D eigenvalue weighted by molar-refractivity contribution is 5.87. The molecular weight excluding hydrogens is 476 g/mol. The first-order valence-corrected chi connectivity index (χ1v) is 11.4. The van der Waals surface area contributed by atoms with Crippen LogP contribution in [0.4, 0.5) is 23.4 Å². The maximum Gasteiger partial charge on any atom is 0.416 e. The highest BCUT2D eigenvalue weighted by Gasteiger charge is 2.33. The molecule has 7 nitrogen and oxygen atoms in total. The first-order chi connectivity index (χ1) is 17.3. The summed E-state index contributed by atoms with van der Waals surface area (Å²) in [5.74, 6) is -0.443. The summed E-state index contributed by atoms with van der Waals surface area (Å²) in [5, 5.41) is 7.82. The predicted octanol–water partition coefficient (Wildman–Crippen LogP) is 4.51. The van der Waals surface area contributed by atoms with Crippen molar-refractivity contribution >= 4 is 22.8 Å². The molecule has 1 amide bonds. The van der Waals surface area contributed by atoms with Crippen molar-refractivity contribution in [2.24, 2.45) is 5.92 Å². The van der Waals surface area contributed by atoms with Gasteiger partial charge in [-0.3, -0.25) is 4.79 Å². The van der Waals surface area contributed by atoms with E-state index >= 15 is 0 Å². The van der Waals surface area contributed by atoms with Gasteiger partial charge in [0.2, 0.25) is 5.91 Å². The summed E-state index contributed by atoms with van der Waals surface area (Å²) >= 11 is 0. The number of carbonyl (C=O) groups is 1. The number of aromatic nitrogens is 4. The third-order valence-corrected chi connectivity index (χ3v) is 6.25. The molecule has 0 aliphatic carbocycles. The van der Waals surface area contributed by atoms with Gasteiger partial charge in [0.1, 0.15) is 18.0 Å². The molecule has 36 heavy (non-hydrogen) atoms. The van der Waals surface area contributed by atoms with Crippen molar-refractivity contribution in [3.05, 3.63) is 78.0 Å². The standard InChI is InChI=1S/C25H22F4N6O/c26-18-7-9-19(10-8-18)35-14-20-22(33-35)31-15-32-23(20)34-11-3-5-17(13-34)24(36)30-12-16-4-1-2-6-21(16)25(27,28)29/h1-2,4,6-10,14-15,17H,3,5,11-13H2,(H,30,36)/t17-/m1/s1. The molecule has 3 heterocycles. The Hall–Kier alpha value is -4.02. The Morgan fingerprint density at radius 1 is 1.08 bits per heavy atom. The van der Waals surface area contributed by atoms with Gasteiger partial charge >= 0.3 is 6.18 Å². The maximum atomic E-state index is 13.3. The fraction of sp³-hybridized carbons (Fsp3) is 0.280. The van der Waals surface area contributed by atoms with E-state index in [1.165, 1.54) is 36.7 Å². The van der Waals surface area contributed by atoms with Crippen LogP contribution in [0.15, 0.2) is 61.1 Å². The van der Waals surface area contributed by atoms with E-state index < -0.39 is 17.7 Å². The molecule has 0 saturated carbocycles. The summed E-state index contributed by atoms with van der Waals surface area (Å²) < 4.78 is 54.7. The largest absolute Gasteiger partial charge is 0.416 e. The Bertz CT molecular complexity index is 1390. The molecule has 1 atom stereocenters. The molecular formula is C25H22F4N6O. The molecule has 4 aromatic rings. The Labute approximate surface area is 203 Å². The molecule has 1 aliphatic heterocycles. The van der Waals surface area contributed by atoms with E-state index in [1.807, 2.05) is 4.90 Å². The van der Waals surface area contributed by atoms with Crippen molar-refractivity contribution < 1.29 is 22.4 Å². The SMILES string of the molecule is O=C(NCc1ccccc1C(F)(F)F)[C@@H]1CCCN(c2ncnc3nn(-c4ccc(F)cc4)cc23)C1. The number of fused-ring (bicyclic) bond motifs is 1. The minimum atomic E-state index is -4.49. The number of piperidine rings is 1. The Kier molecular flexibility index (Phi) is 6.29. The number of alkyl halides is 3. The third kappa shape index (κ3) is 4.86. The Balaban J connectivity index is 1.32. The number of hydrogen-bond acceptors (Lipinski definition) is 5. The average Bonchev–Trinajstić information content (AvgIpc) is 3.32. The monoisotopic (exact) mass is 498 g/mol. The van der Waals surface area contributed by atoms with Crippen molar-refractivity contribution in [1.82, 2.24) is 25.1 Å². The fourth-order valence-electron chi connectivity index (χ4n) is 4.46. The van der Waals surface area contributed by atoms with E-state index in [4.69, 9.17) is 0 Å². The number of carbonyl (C=O) groups excluding carboxylic acids is 1. The van der Waals surface area contributed by atoms with Crippen molar-refractivity contribution in [2.75, 3.05) is 18.0 Å². The number of anilines is 1. The second-order valence-corrected chi connectivity index (χ2v) is 8.64. The Morgan fingerprint density at radius 2 is 1.86 bits per heavy atom. The van der Waals surface area contributed by atoms with E-state index in [9.17, 15) is 22.4 Å². The molecule has 11 heteroatoms. The number of rotatable bonds is 5. The van der Waals surface area contributed by atoms with Gasteiger partial charge in [0.25, 0.3) is 0 Å². The lowest BCUT2D eigenvalue weighted by Crippen LogP contribution is -2.43. The van der Waals surface area contributed by atoms with Gasteiger partial charge in [-0.25, -0.2) is 19.0 Å². The first kappa shape index (κ1) is 23.7. The van der Waals surface area contributed by atoms with Gasteiger partial charge in [0, 0.05) is 25.8 Å². The molecule has 1 saturated heterocycles. The number of amides is 1. The zero-order valence-corrected chi connectivity index (χ0v) is 19.0. The van der Waals surface area contributed by atoms with Gasteiger partial charge in [-0.15, -0.1) is 5.10 Å². The van der Waals surface area contributed by atoms with Gasteiger partial charge in [0.05, 0.1) is 22.6 Å². The summed E-state index contributed by atoms with van der Waals surface area (Å²) in [6.07, 6.45) is 0.00785. The number of benzene rings is 2. The van der Waals surface area contributed by atoms with Crippen LogP contribution in [0.2, 0.25) is 0 Å². The number of nitrogens with zero attached hydrogens (tertiary/aromatic N) is 5. The van der Waals surface area contributed by atoms with Gasteiger partial charge in [-0.2, -0.15) is 13.2 Å². The lowest BCUT2D eigenvalue weighted by atomic mass is 9.96. The summed E-state index contributed by atoms with van der Waals surface area (Å²) in [5.41, 5.74) is 0.392. The molecule has 186 valence electrons. The maximum absolute atomic E-state index is 13.3. The zero-order valence-electron chi connectivity index (χ0n) is 19.0. The van der Waals surface area contributed by atoms with Crippen molar-refractivity contribution in [3.63, 3.8) is 0 Å². The van der Waals surface area contributed by atoms with Crippen LogP contribution in [-0.4, -0.2) is 38.7 Å². The quantitative estimate of drug-likeness (QED) is 0.410. The summed E-state index contributed by atoms with van der Waals surface area (Å²) in [6, 6.07) is 11.1. The molecule has 1 fully saturated rings. The lowest BCUT2D eigenvalue weighted by molar-refractivity contribution is -0.138. The van der Waals surface area contributed by atoms with Gasteiger partial charge in [-0.05, 0) is 48.7 Å². The molecule has 5 rings (SSSR count). The number of hydrogen-bond donors (Lipinski definition) is 1. The topological polar surface area (TPSA) is 75.9 Å². The van der Waals surface area contributed by atoms with E-state index in [0.29, 0.717) is 42.0 Å². The normalized spacial score (nSPS) is 16.3. The fourth-order valence-corrected chi connectivity index (χ4v) is 4.46. The molecule has 0 radical (unpaired) electrons.